The fourth-order valence-corrected chi connectivity index (χ4v) is 5.38. The monoisotopic (exact) mass is 700 g/mol. The van der Waals surface area contributed by atoms with Gasteiger partial charge in [-0.1, -0.05) is 49.4 Å². The number of nitrogens with one attached hydrogen (secondary N) is 4. The highest BCUT2D eigenvalue weighted by molar-refractivity contribution is 7.99. The number of aromatic hydroxyl groups is 1. The molecule has 0 saturated heterocycles. The lowest BCUT2D eigenvalue weighted by atomic mass is 10.0. The van der Waals surface area contributed by atoms with Gasteiger partial charge < -0.3 is 41.7 Å². The average molecular weight is 701 g/mol. The highest BCUT2D eigenvalue weighted by atomic mass is 32.2. The van der Waals surface area contributed by atoms with Gasteiger partial charge in [-0.15, -0.1) is 0 Å². The molecule has 0 aliphatic heterocycles. The highest BCUT2D eigenvalue weighted by Crippen LogP contribution is 2.14. The van der Waals surface area contributed by atoms with Gasteiger partial charge in [0, 0.05) is 25.6 Å². The van der Waals surface area contributed by atoms with E-state index in [0.717, 1.165) is 5.56 Å². The van der Waals surface area contributed by atoms with Gasteiger partial charge in [0.25, 0.3) is 0 Å². The number of hydrogen-bond donors (Lipinski definition) is 6. The summed E-state index contributed by atoms with van der Waals surface area (Å²) in [6, 6.07) is 10.8. The zero-order valence-electron chi connectivity index (χ0n) is 28.8. The minimum atomic E-state index is -1.14. The van der Waals surface area contributed by atoms with Gasteiger partial charge in [-0.3, -0.25) is 24.0 Å². The van der Waals surface area contributed by atoms with Crippen LogP contribution in [0.4, 0.5) is 4.79 Å². The summed E-state index contributed by atoms with van der Waals surface area (Å²) in [6.07, 6.45) is -0.687. The van der Waals surface area contributed by atoms with Gasteiger partial charge in [0.15, 0.2) is 0 Å². The van der Waals surface area contributed by atoms with Crippen LogP contribution in [0.2, 0.25) is 0 Å². The molecule has 0 spiro atoms. The first-order valence-electron chi connectivity index (χ1n) is 15.8. The molecule has 7 N–H and O–H groups in total. The highest BCUT2D eigenvalue weighted by Gasteiger charge is 2.32. The molecule has 268 valence electrons. The molecule has 0 unspecified atom stereocenters. The summed E-state index contributed by atoms with van der Waals surface area (Å²) in [5.41, 5.74) is 6.14. The fourth-order valence-electron chi connectivity index (χ4n) is 4.54. The standard InChI is InChI=1S/C34H48N6O8S/c1-7-49-20-27(29(35)43)40(6)32(46)26(18-22-11-9-8-10-12-22)38-28(42)19-36-30(44)21(2)37-31(45)25(39-33(47)48-34(3,4)5)17-23-13-15-24(41)16-14-23/h8-16,21,25-27,41H,7,17-20H2,1-6H3,(H2,35,43)(H,36,44)(H,37,45)(H,38,42)(H,39,47)/t21-,25+,26+,27+/m1/s1. The Balaban J connectivity index is 2.09. The maximum Gasteiger partial charge on any atom is 0.408 e. The Morgan fingerprint density at radius 1 is 0.878 bits per heavy atom. The van der Waals surface area contributed by atoms with E-state index in [-0.39, 0.29) is 18.6 Å². The number of carbonyl (C=O) groups excluding carboxylic acids is 6. The average Bonchev–Trinajstić information content (AvgIpc) is 3.03. The van der Waals surface area contributed by atoms with Crippen molar-refractivity contribution < 1.29 is 38.6 Å². The number of carbonyl (C=O) groups is 6. The molecule has 4 atom stereocenters. The number of thioether (sulfide) groups is 1. The summed E-state index contributed by atoms with van der Waals surface area (Å²) in [4.78, 5) is 78.6. The van der Waals surface area contributed by atoms with E-state index in [4.69, 9.17) is 10.5 Å². The lowest BCUT2D eigenvalue weighted by molar-refractivity contribution is -0.140. The van der Waals surface area contributed by atoms with E-state index >= 15 is 0 Å². The molecule has 6 amide bonds. The van der Waals surface area contributed by atoms with Crippen molar-refractivity contribution >= 4 is 47.4 Å². The number of benzene rings is 2. The SMILES string of the molecule is CCSC[C@@H](C(N)=O)N(C)C(=O)[C@H](Cc1ccccc1)NC(=O)CNC(=O)[C@@H](C)NC(=O)[C@H](Cc1ccc(O)cc1)NC(=O)OC(C)(C)C. The zero-order valence-corrected chi connectivity index (χ0v) is 29.6. The van der Waals surface area contributed by atoms with Crippen molar-refractivity contribution in [2.75, 3.05) is 25.1 Å². The van der Waals surface area contributed by atoms with Crippen molar-refractivity contribution in [3.63, 3.8) is 0 Å². The summed E-state index contributed by atoms with van der Waals surface area (Å²) in [5.74, 6) is -2.21. The number of likely N-dealkylation sites (N-methyl/N-ethyl adjacent to an activating group) is 1. The van der Waals surface area contributed by atoms with E-state index in [1.807, 2.05) is 13.0 Å². The van der Waals surface area contributed by atoms with Gasteiger partial charge in [0.1, 0.15) is 35.5 Å². The van der Waals surface area contributed by atoms with Crippen LogP contribution < -0.4 is 27.0 Å². The molecule has 2 aromatic carbocycles. The Morgan fingerprint density at radius 2 is 1.47 bits per heavy atom. The summed E-state index contributed by atoms with van der Waals surface area (Å²) in [6.45, 7) is 7.83. The van der Waals surface area contributed by atoms with Crippen LogP contribution in [0.1, 0.15) is 45.7 Å². The molecule has 0 fully saturated rings. The minimum absolute atomic E-state index is 0.0289. The van der Waals surface area contributed by atoms with E-state index < -0.39 is 71.9 Å². The van der Waals surface area contributed by atoms with Crippen molar-refractivity contribution in [1.29, 1.82) is 0 Å². The van der Waals surface area contributed by atoms with Crippen LogP contribution in [0.5, 0.6) is 5.75 Å². The van der Waals surface area contributed by atoms with Gasteiger partial charge in [-0.25, -0.2) is 4.79 Å². The van der Waals surface area contributed by atoms with Crippen LogP contribution in [-0.2, 0) is 41.6 Å². The van der Waals surface area contributed by atoms with Crippen LogP contribution in [0.25, 0.3) is 0 Å². The lowest BCUT2D eigenvalue weighted by Gasteiger charge is -2.30. The number of rotatable bonds is 17. The second-order valence-electron chi connectivity index (χ2n) is 12.4. The summed E-state index contributed by atoms with van der Waals surface area (Å²) in [5, 5.41) is 19.8. The first kappa shape index (κ1) is 40.4. The number of phenolic OH excluding ortho intramolecular Hbond substituents is 1. The smallest absolute Gasteiger partial charge is 0.408 e. The molecule has 0 aromatic heterocycles. The molecule has 2 rings (SSSR count). The second kappa shape index (κ2) is 19.3. The number of nitrogens with zero attached hydrogens (tertiary/aromatic N) is 1. The molecule has 49 heavy (non-hydrogen) atoms. The predicted molar refractivity (Wildman–Crippen MR) is 186 cm³/mol. The fraction of sp³-hybridized carbons (Fsp3) is 0.471. The number of hydrogen-bond acceptors (Lipinski definition) is 9. The third-order valence-electron chi connectivity index (χ3n) is 7.10. The van der Waals surface area contributed by atoms with E-state index in [1.54, 1.807) is 57.2 Å². The summed E-state index contributed by atoms with van der Waals surface area (Å²) >= 11 is 1.45. The van der Waals surface area contributed by atoms with Gasteiger partial charge in [0.2, 0.25) is 29.5 Å². The first-order chi connectivity index (χ1) is 23.0. The summed E-state index contributed by atoms with van der Waals surface area (Å²) < 4.78 is 5.29. The van der Waals surface area contributed by atoms with E-state index in [9.17, 15) is 33.9 Å². The second-order valence-corrected chi connectivity index (χ2v) is 13.7. The van der Waals surface area contributed by atoms with E-state index in [1.165, 1.54) is 42.8 Å². The Labute approximate surface area is 291 Å². The molecule has 0 heterocycles. The zero-order chi connectivity index (χ0) is 36.7. The lowest BCUT2D eigenvalue weighted by Crippen LogP contribution is -2.57. The molecule has 0 aliphatic rings. The maximum atomic E-state index is 13.5. The van der Waals surface area contributed by atoms with Crippen LogP contribution in [0.15, 0.2) is 54.6 Å². The molecule has 0 aliphatic carbocycles. The Hall–Kier alpha value is -4.79. The van der Waals surface area contributed by atoms with Crippen LogP contribution in [0.3, 0.4) is 0 Å². The quantitative estimate of drug-likeness (QED) is 0.140. The molecule has 0 bridgehead atoms. The third kappa shape index (κ3) is 14.5. The minimum Gasteiger partial charge on any atom is -0.508 e. The molecular weight excluding hydrogens is 652 g/mol. The van der Waals surface area contributed by atoms with Crippen molar-refractivity contribution in [2.45, 2.75) is 77.2 Å². The Kier molecular flexibility index (Phi) is 15.9. The molecule has 0 saturated carbocycles. The number of primary amides is 1. The van der Waals surface area contributed by atoms with Gasteiger partial charge in [-0.2, -0.15) is 11.8 Å². The van der Waals surface area contributed by atoms with Gasteiger partial charge >= 0.3 is 6.09 Å². The maximum absolute atomic E-state index is 13.5. The van der Waals surface area contributed by atoms with Crippen molar-refractivity contribution in [3.05, 3.63) is 65.7 Å². The van der Waals surface area contributed by atoms with Crippen molar-refractivity contribution in [3.8, 4) is 5.75 Å². The number of alkyl carbamates (subject to hydrolysis) is 1. The largest absolute Gasteiger partial charge is 0.508 e. The molecular formula is C34H48N6O8S. The molecule has 2 aromatic rings. The Bertz CT molecular complexity index is 1430. The first-order valence-corrected chi connectivity index (χ1v) is 17.0. The number of phenols is 1. The number of amides is 6. The number of nitrogens with two attached hydrogens (primary N) is 1. The predicted octanol–water partition coefficient (Wildman–Crippen LogP) is 1.24. The third-order valence-corrected chi connectivity index (χ3v) is 8.06. The van der Waals surface area contributed by atoms with Crippen LogP contribution in [0, 0.1) is 0 Å². The van der Waals surface area contributed by atoms with Gasteiger partial charge in [-0.05, 0) is 56.7 Å². The van der Waals surface area contributed by atoms with E-state index in [2.05, 4.69) is 21.3 Å². The topological polar surface area (TPSA) is 209 Å². The van der Waals surface area contributed by atoms with Crippen molar-refractivity contribution in [2.24, 2.45) is 5.73 Å². The molecule has 15 heteroatoms. The number of ether oxygens (including phenoxy) is 1. The van der Waals surface area contributed by atoms with E-state index in [0.29, 0.717) is 17.1 Å². The van der Waals surface area contributed by atoms with Crippen LogP contribution >= 0.6 is 11.8 Å². The summed E-state index contributed by atoms with van der Waals surface area (Å²) in [7, 11) is 1.46. The Morgan fingerprint density at radius 3 is 2.04 bits per heavy atom. The normalized spacial score (nSPS) is 13.5. The van der Waals surface area contributed by atoms with Crippen molar-refractivity contribution in [1.82, 2.24) is 26.2 Å². The van der Waals surface area contributed by atoms with Crippen LogP contribution in [-0.4, -0.2) is 101 Å². The molecule has 0 radical (unpaired) electrons. The van der Waals surface area contributed by atoms with Gasteiger partial charge in [0.05, 0.1) is 6.54 Å². The molecule has 14 nitrogen and oxygen atoms in total.